The number of rotatable bonds is 9. The standard InChI is InChI=1S/C29H28N2O5/c1-33-25-13-11-19(9-10-20-16-26(34-2)29(36-4)27(17-20)35-3)15-24(25)31-28(32)14-12-21-18-30-23-8-6-5-7-22(21)23/h5-18,30H,1-4H3,(H,31,32)/b10-9?,14-12+. The number of anilines is 1. The van der Waals surface area contributed by atoms with E-state index >= 15 is 0 Å². The highest BCUT2D eigenvalue weighted by molar-refractivity contribution is 6.04. The van der Waals surface area contributed by atoms with Gasteiger partial charge in [0.25, 0.3) is 0 Å². The van der Waals surface area contributed by atoms with Crippen LogP contribution < -0.4 is 24.3 Å². The smallest absolute Gasteiger partial charge is 0.248 e. The van der Waals surface area contributed by atoms with Gasteiger partial charge in [0.05, 0.1) is 34.1 Å². The van der Waals surface area contributed by atoms with Crippen LogP contribution in [0.4, 0.5) is 5.69 Å². The van der Waals surface area contributed by atoms with Crippen LogP contribution in [0, 0.1) is 0 Å². The summed E-state index contributed by atoms with van der Waals surface area (Å²) in [5, 5.41) is 3.96. The molecule has 7 nitrogen and oxygen atoms in total. The Balaban J connectivity index is 1.54. The van der Waals surface area contributed by atoms with Gasteiger partial charge >= 0.3 is 0 Å². The quantitative estimate of drug-likeness (QED) is 0.224. The van der Waals surface area contributed by atoms with E-state index in [2.05, 4.69) is 10.3 Å². The lowest BCUT2D eigenvalue weighted by atomic mass is 10.1. The first-order valence-electron chi connectivity index (χ1n) is 11.3. The van der Waals surface area contributed by atoms with Crippen molar-refractivity contribution >= 4 is 40.7 Å². The van der Waals surface area contributed by atoms with Gasteiger partial charge in [-0.3, -0.25) is 4.79 Å². The Morgan fingerprint density at radius 3 is 2.17 bits per heavy atom. The van der Waals surface area contributed by atoms with Crippen LogP contribution in [-0.4, -0.2) is 39.3 Å². The molecule has 0 unspecified atom stereocenters. The maximum Gasteiger partial charge on any atom is 0.248 e. The molecule has 0 saturated carbocycles. The molecule has 0 aliphatic heterocycles. The molecule has 1 aromatic heterocycles. The summed E-state index contributed by atoms with van der Waals surface area (Å²) in [6, 6.07) is 17.2. The van der Waals surface area contributed by atoms with Gasteiger partial charge in [-0.1, -0.05) is 36.4 Å². The molecule has 1 heterocycles. The Morgan fingerprint density at radius 1 is 0.778 bits per heavy atom. The van der Waals surface area contributed by atoms with Crippen molar-refractivity contribution < 1.29 is 23.7 Å². The molecular formula is C29H28N2O5. The van der Waals surface area contributed by atoms with Crippen LogP contribution in [0.15, 0.2) is 66.9 Å². The van der Waals surface area contributed by atoms with Crippen molar-refractivity contribution in [3.05, 3.63) is 83.6 Å². The normalized spacial score (nSPS) is 11.2. The Bertz CT molecular complexity index is 1410. The number of para-hydroxylation sites is 1. The number of benzene rings is 3. The summed E-state index contributed by atoms with van der Waals surface area (Å²) >= 11 is 0. The minimum Gasteiger partial charge on any atom is -0.495 e. The second-order valence-corrected chi connectivity index (χ2v) is 7.86. The van der Waals surface area contributed by atoms with E-state index in [1.54, 1.807) is 34.5 Å². The van der Waals surface area contributed by atoms with Crippen molar-refractivity contribution in [2.45, 2.75) is 0 Å². The Hall–Kier alpha value is -4.65. The molecule has 7 heteroatoms. The van der Waals surface area contributed by atoms with Crippen LogP contribution in [0.5, 0.6) is 23.0 Å². The number of hydrogen-bond acceptors (Lipinski definition) is 5. The van der Waals surface area contributed by atoms with Gasteiger partial charge in [-0.2, -0.15) is 0 Å². The van der Waals surface area contributed by atoms with Crippen molar-refractivity contribution in [1.82, 2.24) is 4.98 Å². The Kier molecular flexibility index (Phi) is 7.60. The number of nitrogens with one attached hydrogen (secondary N) is 2. The number of aromatic nitrogens is 1. The van der Waals surface area contributed by atoms with E-state index < -0.39 is 0 Å². The second-order valence-electron chi connectivity index (χ2n) is 7.86. The van der Waals surface area contributed by atoms with E-state index in [-0.39, 0.29) is 5.91 Å². The Labute approximate surface area is 210 Å². The first-order valence-corrected chi connectivity index (χ1v) is 11.3. The molecule has 0 radical (unpaired) electrons. The highest BCUT2D eigenvalue weighted by Crippen LogP contribution is 2.38. The van der Waals surface area contributed by atoms with Gasteiger partial charge < -0.3 is 29.2 Å². The largest absolute Gasteiger partial charge is 0.495 e. The maximum atomic E-state index is 12.7. The third kappa shape index (κ3) is 5.36. The fraction of sp³-hybridized carbons (Fsp3) is 0.138. The lowest BCUT2D eigenvalue weighted by molar-refractivity contribution is -0.111. The molecule has 0 bridgehead atoms. The predicted octanol–water partition coefficient (Wildman–Crippen LogP) is 6.02. The molecule has 0 spiro atoms. The Morgan fingerprint density at radius 2 is 1.47 bits per heavy atom. The zero-order valence-corrected chi connectivity index (χ0v) is 20.6. The van der Waals surface area contributed by atoms with Gasteiger partial charge in [-0.25, -0.2) is 0 Å². The van der Waals surface area contributed by atoms with E-state index in [1.165, 1.54) is 6.08 Å². The topological polar surface area (TPSA) is 81.8 Å². The minimum atomic E-state index is -0.260. The number of methoxy groups -OCH3 is 4. The summed E-state index contributed by atoms with van der Waals surface area (Å²) in [5.41, 5.74) is 4.27. The van der Waals surface area contributed by atoms with Crippen molar-refractivity contribution in [2.75, 3.05) is 33.8 Å². The number of amides is 1. The number of fused-ring (bicyclic) bond motifs is 1. The molecule has 36 heavy (non-hydrogen) atoms. The summed E-state index contributed by atoms with van der Waals surface area (Å²) in [6.07, 6.45) is 9.03. The second kappa shape index (κ2) is 11.2. The van der Waals surface area contributed by atoms with Gasteiger partial charge in [-0.05, 0) is 53.1 Å². The van der Waals surface area contributed by atoms with Gasteiger partial charge in [-0.15, -0.1) is 0 Å². The summed E-state index contributed by atoms with van der Waals surface area (Å²) < 4.78 is 21.7. The molecule has 0 fully saturated rings. The molecule has 0 aliphatic carbocycles. The molecule has 184 valence electrons. The van der Waals surface area contributed by atoms with Gasteiger partial charge in [0.15, 0.2) is 11.5 Å². The van der Waals surface area contributed by atoms with E-state index in [0.717, 1.165) is 27.6 Å². The maximum absolute atomic E-state index is 12.7. The molecule has 0 aliphatic rings. The van der Waals surface area contributed by atoms with E-state index in [4.69, 9.17) is 18.9 Å². The summed E-state index contributed by atoms with van der Waals surface area (Å²) in [7, 11) is 6.29. The first kappa shape index (κ1) is 24.5. The van der Waals surface area contributed by atoms with Crippen LogP contribution in [-0.2, 0) is 4.79 Å². The summed E-state index contributed by atoms with van der Waals surface area (Å²) in [4.78, 5) is 15.9. The predicted molar refractivity (Wildman–Crippen MR) is 144 cm³/mol. The zero-order valence-electron chi connectivity index (χ0n) is 20.6. The SMILES string of the molecule is COc1ccc(C=Cc2cc(OC)c(OC)c(OC)c2)cc1NC(=O)/C=C/c1c[nH]c2ccccc12. The van der Waals surface area contributed by atoms with E-state index in [0.29, 0.717) is 28.7 Å². The zero-order chi connectivity index (χ0) is 25.5. The average Bonchev–Trinajstić information content (AvgIpc) is 3.33. The molecule has 2 N–H and O–H groups in total. The minimum absolute atomic E-state index is 0.260. The number of ether oxygens (including phenoxy) is 4. The molecule has 0 saturated heterocycles. The van der Waals surface area contributed by atoms with Gasteiger partial charge in [0, 0.05) is 23.2 Å². The summed E-state index contributed by atoms with van der Waals surface area (Å²) in [5.74, 6) is 1.98. The van der Waals surface area contributed by atoms with Crippen molar-refractivity contribution in [3.63, 3.8) is 0 Å². The number of H-pyrrole nitrogens is 1. The molecule has 4 rings (SSSR count). The first-order chi connectivity index (χ1) is 17.6. The third-order valence-electron chi connectivity index (χ3n) is 5.67. The van der Waals surface area contributed by atoms with Crippen LogP contribution in [0.3, 0.4) is 0 Å². The highest BCUT2D eigenvalue weighted by atomic mass is 16.5. The van der Waals surface area contributed by atoms with Gasteiger partial charge in [0.1, 0.15) is 5.75 Å². The van der Waals surface area contributed by atoms with Crippen LogP contribution >= 0.6 is 0 Å². The highest BCUT2D eigenvalue weighted by Gasteiger charge is 2.12. The van der Waals surface area contributed by atoms with E-state index in [9.17, 15) is 4.79 Å². The fourth-order valence-electron chi connectivity index (χ4n) is 3.89. The van der Waals surface area contributed by atoms with Crippen LogP contribution in [0.25, 0.3) is 29.1 Å². The molecule has 3 aromatic carbocycles. The third-order valence-corrected chi connectivity index (χ3v) is 5.67. The van der Waals surface area contributed by atoms with Crippen LogP contribution in [0.1, 0.15) is 16.7 Å². The molecule has 0 atom stereocenters. The number of hydrogen-bond donors (Lipinski definition) is 2. The average molecular weight is 485 g/mol. The van der Waals surface area contributed by atoms with Crippen LogP contribution in [0.2, 0.25) is 0 Å². The van der Waals surface area contributed by atoms with Crippen molar-refractivity contribution in [1.29, 1.82) is 0 Å². The lowest BCUT2D eigenvalue weighted by Crippen LogP contribution is -2.09. The summed E-state index contributed by atoms with van der Waals surface area (Å²) in [6.45, 7) is 0. The van der Waals surface area contributed by atoms with Crippen molar-refractivity contribution in [2.24, 2.45) is 0 Å². The van der Waals surface area contributed by atoms with E-state index in [1.807, 2.05) is 72.9 Å². The lowest BCUT2D eigenvalue weighted by Gasteiger charge is -2.13. The number of aromatic amines is 1. The molecule has 4 aromatic rings. The number of carbonyl (C=O) groups is 1. The van der Waals surface area contributed by atoms with Crippen molar-refractivity contribution in [3.8, 4) is 23.0 Å². The van der Waals surface area contributed by atoms with Gasteiger partial charge in [0.2, 0.25) is 11.7 Å². The monoisotopic (exact) mass is 484 g/mol. The fourth-order valence-corrected chi connectivity index (χ4v) is 3.89. The number of carbonyl (C=O) groups excluding carboxylic acids is 1. The molecular weight excluding hydrogens is 456 g/mol. The molecule has 1 amide bonds.